The minimum Gasteiger partial charge on any atom is -0.459 e. The van der Waals surface area contributed by atoms with Gasteiger partial charge in [0.2, 0.25) is 5.95 Å². The van der Waals surface area contributed by atoms with Gasteiger partial charge < -0.3 is 19.8 Å². The molecule has 0 aliphatic heterocycles. The van der Waals surface area contributed by atoms with E-state index in [1.54, 1.807) is 51.1 Å². The number of nitrogens with zero attached hydrogens (tertiary/aromatic N) is 1. The number of benzene rings is 3. The number of imidazole rings is 1. The summed E-state index contributed by atoms with van der Waals surface area (Å²) in [6.07, 6.45) is -0.788. The Morgan fingerprint density at radius 1 is 0.947 bits per heavy atom. The van der Waals surface area contributed by atoms with Crippen LogP contribution in [0.4, 0.5) is 27.8 Å². The van der Waals surface area contributed by atoms with Crippen molar-refractivity contribution in [2.24, 2.45) is 0 Å². The van der Waals surface area contributed by atoms with E-state index >= 15 is 0 Å². The second-order valence-corrected chi connectivity index (χ2v) is 10.1. The number of anilines is 4. The minimum absolute atomic E-state index is 0.0397. The zero-order valence-corrected chi connectivity index (χ0v) is 21.8. The number of amides is 1. The molecule has 0 saturated heterocycles. The maximum Gasteiger partial charge on any atom is 0.411 e. The molecule has 0 spiro atoms. The Bertz CT molecular complexity index is 1550. The molecule has 0 fully saturated rings. The van der Waals surface area contributed by atoms with Crippen molar-refractivity contribution < 1.29 is 27.5 Å². The van der Waals surface area contributed by atoms with Crippen LogP contribution in [0.2, 0.25) is 0 Å². The van der Waals surface area contributed by atoms with Crippen LogP contribution < -0.4 is 15.4 Å². The third-order valence-corrected chi connectivity index (χ3v) is 6.53. The van der Waals surface area contributed by atoms with Gasteiger partial charge in [0.1, 0.15) is 0 Å². The largest absolute Gasteiger partial charge is 0.459 e. The molecule has 198 valence electrons. The van der Waals surface area contributed by atoms with Gasteiger partial charge in [-0.25, -0.2) is 23.0 Å². The van der Waals surface area contributed by atoms with Crippen LogP contribution in [-0.4, -0.2) is 43.2 Å². The van der Waals surface area contributed by atoms with E-state index in [1.165, 1.54) is 36.4 Å². The molecule has 0 saturated carbocycles. The number of ether oxygens (including phenoxy) is 2. The van der Waals surface area contributed by atoms with E-state index in [0.717, 1.165) is 0 Å². The number of carbonyl (C=O) groups is 2. The van der Waals surface area contributed by atoms with Gasteiger partial charge in [0, 0.05) is 17.1 Å². The lowest BCUT2D eigenvalue weighted by Crippen LogP contribution is -2.14. The molecule has 3 aromatic carbocycles. The number of hydrogen-bond acceptors (Lipinski definition) is 8. The SMILES string of the molecule is CCOC(=O)Nc1ccc(Nc2nc3ccc(S(=O)(=O)Nc4ccc(C(=O)OC(C)C)cc4)cc3[nH]2)cc1. The first-order chi connectivity index (χ1) is 18.1. The van der Waals surface area contributed by atoms with Gasteiger partial charge in [-0.15, -0.1) is 0 Å². The second-order valence-electron chi connectivity index (χ2n) is 8.45. The Kier molecular flexibility index (Phi) is 7.82. The monoisotopic (exact) mass is 537 g/mol. The van der Waals surface area contributed by atoms with Crippen molar-refractivity contribution in [3.8, 4) is 0 Å². The summed E-state index contributed by atoms with van der Waals surface area (Å²) in [6, 6.07) is 17.5. The number of nitrogens with one attached hydrogen (secondary N) is 4. The molecule has 0 unspecified atom stereocenters. The van der Waals surface area contributed by atoms with Gasteiger partial charge >= 0.3 is 12.1 Å². The fourth-order valence-electron chi connectivity index (χ4n) is 3.44. The van der Waals surface area contributed by atoms with Crippen LogP contribution in [0.1, 0.15) is 31.1 Å². The van der Waals surface area contributed by atoms with Crippen molar-refractivity contribution in [2.75, 3.05) is 22.0 Å². The second kappa shape index (κ2) is 11.2. The Labute approximate surface area is 219 Å². The van der Waals surface area contributed by atoms with Gasteiger partial charge in [-0.2, -0.15) is 0 Å². The zero-order valence-electron chi connectivity index (χ0n) is 20.9. The topological polar surface area (TPSA) is 152 Å². The van der Waals surface area contributed by atoms with Crippen LogP contribution in [-0.2, 0) is 19.5 Å². The molecule has 12 heteroatoms. The highest BCUT2D eigenvalue weighted by Gasteiger charge is 2.17. The Balaban J connectivity index is 1.44. The molecule has 38 heavy (non-hydrogen) atoms. The maximum atomic E-state index is 13.0. The van der Waals surface area contributed by atoms with Crippen LogP contribution in [0.3, 0.4) is 0 Å². The number of sulfonamides is 1. The van der Waals surface area contributed by atoms with Crippen molar-refractivity contribution in [3.63, 3.8) is 0 Å². The van der Waals surface area contributed by atoms with Crippen molar-refractivity contribution in [2.45, 2.75) is 31.8 Å². The quantitative estimate of drug-likeness (QED) is 0.212. The third kappa shape index (κ3) is 6.59. The van der Waals surface area contributed by atoms with Gasteiger partial charge in [-0.3, -0.25) is 10.0 Å². The summed E-state index contributed by atoms with van der Waals surface area (Å²) in [5.74, 6) is -0.0646. The van der Waals surface area contributed by atoms with Crippen LogP contribution >= 0.6 is 0 Å². The molecule has 4 rings (SSSR count). The zero-order chi connectivity index (χ0) is 27.3. The highest BCUT2D eigenvalue weighted by atomic mass is 32.2. The molecule has 0 aliphatic carbocycles. The molecule has 4 N–H and O–H groups in total. The fourth-order valence-corrected chi connectivity index (χ4v) is 4.53. The number of H-pyrrole nitrogens is 1. The van der Waals surface area contributed by atoms with E-state index in [9.17, 15) is 18.0 Å². The summed E-state index contributed by atoms with van der Waals surface area (Å²) in [4.78, 5) is 31.1. The number of rotatable bonds is 9. The average molecular weight is 538 g/mol. The van der Waals surface area contributed by atoms with Crippen LogP contribution in [0.15, 0.2) is 71.6 Å². The van der Waals surface area contributed by atoms with Gasteiger partial charge in [-0.05, 0) is 87.5 Å². The summed E-state index contributed by atoms with van der Waals surface area (Å²) < 4.78 is 38.4. The molecule has 11 nitrogen and oxygen atoms in total. The van der Waals surface area contributed by atoms with Crippen LogP contribution in [0.5, 0.6) is 0 Å². The molecular formula is C26H27N5O6S. The molecule has 1 amide bonds. The number of carbonyl (C=O) groups excluding carboxylic acids is 2. The maximum absolute atomic E-state index is 13.0. The number of aromatic amines is 1. The molecular weight excluding hydrogens is 510 g/mol. The fraction of sp³-hybridized carbons (Fsp3) is 0.192. The van der Waals surface area contributed by atoms with Crippen molar-refractivity contribution in [1.82, 2.24) is 9.97 Å². The van der Waals surface area contributed by atoms with E-state index in [1.807, 2.05) is 0 Å². The van der Waals surface area contributed by atoms with Crippen molar-refractivity contribution >= 4 is 56.1 Å². The predicted octanol–water partition coefficient (Wildman–Crippen LogP) is 5.24. The van der Waals surface area contributed by atoms with E-state index in [2.05, 4.69) is 25.3 Å². The molecule has 1 heterocycles. The van der Waals surface area contributed by atoms with Gasteiger partial charge in [-0.1, -0.05) is 0 Å². The summed E-state index contributed by atoms with van der Waals surface area (Å²) in [6.45, 7) is 5.50. The first kappa shape index (κ1) is 26.5. The smallest absolute Gasteiger partial charge is 0.411 e. The van der Waals surface area contributed by atoms with E-state index < -0.39 is 22.1 Å². The first-order valence-corrected chi connectivity index (χ1v) is 13.3. The number of fused-ring (bicyclic) bond motifs is 1. The van der Waals surface area contributed by atoms with E-state index in [-0.39, 0.29) is 17.6 Å². The summed E-state index contributed by atoms with van der Waals surface area (Å²) in [5.41, 5.74) is 2.99. The summed E-state index contributed by atoms with van der Waals surface area (Å²) in [7, 11) is -3.90. The van der Waals surface area contributed by atoms with E-state index in [0.29, 0.717) is 39.6 Å². The number of hydrogen-bond donors (Lipinski definition) is 4. The molecule has 0 atom stereocenters. The van der Waals surface area contributed by atoms with Crippen molar-refractivity contribution in [3.05, 3.63) is 72.3 Å². The summed E-state index contributed by atoms with van der Waals surface area (Å²) >= 11 is 0. The Morgan fingerprint density at radius 2 is 1.61 bits per heavy atom. The number of aromatic nitrogens is 2. The van der Waals surface area contributed by atoms with Gasteiger partial charge in [0.25, 0.3) is 10.0 Å². The lowest BCUT2D eigenvalue weighted by molar-refractivity contribution is 0.0378. The summed E-state index contributed by atoms with van der Waals surface area (Å²) in [5, 5.41) is 5.72. The number of esters is 1. The standard InChI is InChI=1S/C26H27N5O6S/c1-4-36-26(33)28-19-11-9-18(10-12-19)27-25-29-22-14-13-21(15-23(22)30-25)38(34,35)31-20-7-5-17(6-8-20)24(32)37-16(2)3/h5-16,31H,4H2,1-3H3,(H,28,33)(H2,27,29,30). The normalized spacial score (nSPS) is 11.3. The van der Waals surface area contributed by atoms with Crippen molar-refractivity contribution in [1.29, 1.82) is 0 Å². The predicted molar refractivity (Wildman–Crippen MR) is 144 cm³/mol. The first-order valence-electron chi connectivity index (χ1n) is 11.8. The Hall–Kier alpha value is -4.58. The van der Waals surface area contributed by atoms with Gasteiger partial charge in [0.05, 0.1) is 34.2 Å². The minimum atomic E-state index is -3.90. The molecule has 0 bridgehead atoms. The molecule has 1 aromatic heterocycles. The molecule has 4 aromatic rings. The molecule has 0 radical (unpaired) electrons. The van der Waals surface area contributed by atoms with Crippen LogP contribution in [0.25, 0.3) is 11.0 Å². The van der Waals surface area contributed by atoms with E-state index in [4.69, 9.17) is 9.47 Å². The van der Waals surface area contributed by atoms with Gasteiger partial charge in [0.15, 0.2) is 0 Å². The third-order valence-electron chi connectivity index (χ3n) is 5.15. The van der Waals surface area contributed by atoms with Crippen LogP contribution in [0, 0.1) is 0 Å². The highest BCUT2D eigenvalue weighted by Crippen LogP contribution is 2.24. The lowest BCUT2D eigenvalue weighted by Gasteiger charge is -2.10. The lowest BCUT2D eigenvalue weighted by atomic mass is 10.2. The molecule has 0 aliphatic rings. The highest BCUT2D eigenvalue weighted by molar-refractivity contribution is 7.92. The Morgan fingerprint density at radius 3 is 2.26 bits per heavy atom. The average Bonchev–Trinajstić information content (AvgIpc) is 3.27.